The van der Waals surface area contributed by atoms with Crippen molar-refractivity contribution >= 4 is 17.4 Å². The Morgan fingerprint density at radius 2 is 1.79 bits per heavy atom. The van der Waals surface area contributed by atoms with Gasteiger partial charge in [-0.1, -0.05) is 43.5 Å². The second-order valence-corrected chi connectivity index (χ2v) is 10.2. The fourth-order valence-corrected chi connectivity index (χ4v) is 5.17. The number of morpholine rings is 1. The molecule has 2 aliphatic rings. The van der Waals surface area contributed by atoms with Crippen LogP contribution in [0.15, 0.2) is 42.0 Å². The van der Waals surface area contributed by atoms with Gasteiger partial charge in [0.25, 0.3) is 11.7 Å². The quantitative estimate of drug-likeness (QED) is 0.194. The van der Waals surface area contributed by atoms with Crippen LogP contribution in [-0.2, 0) is 14.3 Å². The van der Waals surface area contributed by atoms with E-state index in [0.717, 1.165) is 43.5 Å². The highest BCUT2D eigenvalue weighted by Gasteiger charge is 2.46. The van der Waals surface area contributed by atoms with Crippen LogP contribution >= 0.6 is 0 Å². The number of methoxy groups -OCH3 is 1. The first-order valence-corrected chi connectivity index (χ1v) is 13.8. The Kier molecular flexibility index (Phi) is 9.64. The van der Waals surface area contributed by atoms with Gasteiger partial charge in [0.05, 0.1) is 38.5 Å². The highest BCUT2D eigenvalue weighted by Crippen LogP contribution is 2.42. The third-order valence-electron chi connectivity index (χ3n) is 7.46. The molecule has 0 aromatic heterocycles. The summed E-state index contributed by atoms with van der Waals surface area (Å²) in [5.74, 6) is -0.322. The number of rotatable bonds is 11. The minimum absolute atomic E-state index is 0.0920. The first-order chi connectivity index (χ1) is 18.8. The molecule has 8 heteroatoms. The lowest BCUT2D eigenvalue weighted by molar-refractivity contribution is -0.140. The summed E-state index contributed by atoms with van der Waals surface area (Å²) in [5.41, 5.74) is 3.10. The molecule has 2 aromatic rings. The molecule has 4 rings (SSSR count). The zero-order chi connectivity index (χ0) is 27.9. The molecule has 2 aromatic carbocycles. The van der Waals surface area contributed by atoms with Crippen molar-refractivity contribution in [3.63, 3.8) is 0 Å². The molecular formula is C31H40N2O6. The number of ketones is 1. The fourth-order valence-electron chi connectivity index (χ4n) is 5.17. The molecule has 1 atom stereocenters. The first-order valence-electron chi connectivity index (χ1n) is 13.8. The van der Waals surface area contributed by atoms with Crippen molar-refractivity contribution in [3.8, 4) is 11.5 Å². The molecule has 2 fully saturated rings. The summed E-state index contributed by atoms with van der Waals surface area (Å²) in [6.07, 6.45) is 3.12. The van der Waals surface area contributed by atoms with Crippen molar-refractivity contribution in [3.05, 3.63) is 64.2 Å². The molecule has 1 N–H and O–H groups in total. The number of hydrogen-bond donors (Lipinski definition) is 1. The zero-order valence-corrected chi connectivity index (χ0v) is 23.5. The van der Waals surface area contributed by atoms with E-state index in [2.05, 4.69) is 11.8 Å². The van der Waals surface area contributed by atoms with Gasteiger partial charge in [-0.3, -0.25) is 14.5 Å². The average Bonchev–Trinajstić information content (AvgIpc) is 3.20. The van der Waals surface area contributed by atoms with E-state index in [1.165, 1.54) is 0 Å². The van der Waals surface area contributed by atoms with Crippen LogP contribution in [0.1, 0.15) is 54.5 Å². The predicted octanol–water partition coefficient (Wildman–Crippen LogP) is 4.63. The van der Waals surface area contributed by atoms with Crippen LogP contribution in [0.5, 0.6) is 11.5 Å². The number of aliphatic hydroxyl groups excluding tert-OH is 1. The lowest BCUT2D eigenvalue weighted by Crippen LogP contribution is -2.42. The van der Waals surface area contributed by atoms with Crippen molar-refractivity contribution in [2.75, 3.05) is 53.1 Å². The van der Waals surface area contributed by atoms with Crippen molar-refractivity contribution in [2.24, 2.45) is 0 Å². The summed E-state index contributed by atoms with van der Waals surface area (Å²) in [7, 11) is 1.57. The molecule has 1 amide bonds. The van der Waals surface area contributed by atoms with E-state index >= 15 is 0 Å². The molecule has 1 unspecified atom stereocenters. The average molecular weight is 537 g/mol. The molecule has 0 saturated carbocycles. The van der Waals surface area contributed by atoms with E-state index in [1.807, 2.05) is 50.2 Å². The first kappa shape index (κ1) is 28.6. The summed E-state index contributed by atoms with van der Waals surface area (Å²) in [6.45, 7) is 10.3. The molecule has 0 aliphatic carbocycles. The van der Waals surface area contributed by atoms with Gasteiger partial charge in [0.2, 0.25) is 0 Å². The minimum Gasteiger partial charge on any atom is -0.507 e. The topological polar surface area (TPSA) is 88.5 Å². The van der Waals surface area contributed by atoms with Gasteiger partial charge in [-0.15, -0.1) is 0 Å². The summed E-state index contributed by atoms with van der Waals surface area (Å²) in [6, 6.07) is 10.4. The molecule has 2 heterocycles. The van der Waals surface area contributed by atoms with Gasteiger partial charge < -0.3 is 24.2 Å². The minimum atomic E-state index is -0.756. The van der Waals surface area contributed by atoms with E-state index in [-0.39, 0.29) is 11.3 Å². The van der Waals surface area contributed by atoms with Gasteiger partial charge in [-0.05, 0) is 49.6 Å². The third-order valence-corrected chi connectivity index (χ3v) is 7.46. The Morgan fingerprint density at radius 3 is 2.51 bits per heavy atom. The van der Waals surface area contributed by atoms with Gasteiger partial charge >= 0.3 is 0 Å². The third kappa shape index (κ3) is 6.45. The van der Waals surface area contributed by atoms with E-state index in [0.29, 0.717) is 55.5 Å². The number of likely N-dealkylation sites (tertiary alicyclic amines) is 1. The van der Waals surface area contributed by atoms with Crippen molar-refractivity contribution in [1.82, 2.24) is 9.80 Å². The Labute approximate surface area is 231 Å². The maximum Gasteiger partial charge on any atom is 0.295 e. The number of nitrogens with zero attached hydrogens (tertiary/aromatic N) is 2. The standard InChI is InChI=1S/C31H40N2O6/c1-5-6-7-16-39-25-11-10-23(20-26(25)37-4)28-27(29(34)24-19-21(2)8-9-22(24)3)30(35)31(36)33(28)13-12-32-14-17-38-18-15-32/h8-11,19-20,28,34H,5-7,12-18H2,1-4H3/b29-27+. The van der Waals surface area contributed by atoms with Crippen LogP contribution in [-0.4, -0.2) is 79.7 Å². The largest absolute Gasteiger partial charge is 0.507 e. The van der Waals surface area contributed by atoms with Gasteiger partial charge in [-0.25, -0.2) is 0 Å². The highest BCUT2D eigenvalue weighted by atomic mass is 16.5. The van der Waals surface area contributed by atoms with Crippen LogP contribution in [0, 0.1) is 13.8 Å². The van der Waals surface area contributed by atoms with Gasteiger partial charge in [-0.2, -0.15) is 0 Å². The maximum absolute atomic E-state index is 13.5. The second kappa shape index (κ2) is 13.1. The monoisotopic (exact) mass is 536 g/mol. The van der Waals surface area contributed by atoms with Gasteiger partial charge in [0.1, 0.15) is 5.76 Å². The number of aliphatic hydroxyl groups is 1. The van der Waals surface area contributed by atoms with Crippen LogP contribution in [0.3, 0.4) is 0 Å². The molecule has 2 aliphatic heterocycles. The Bertz CT molecular complexity index is 1220. The molecule has 0 radical (unpaired) electrons. The zero-order valence-electron chi connectivity index (χ0n) is 23.5. The molecule has 0 bridgehead atoms. The molecule has 39 heavy (non-hydrogen) atoms. The normalized spacial score (nSPS) is 19.5. The number of carbonyl (C=O) groups is 2. The maximum atomic E-state index is 13.5. The summed E-state index contributed by atoms with van der Waals surface area (Å²) in [4.78, 5) is 30.7. The SMILES string of the molecule is CCCCCOc1ccc(C2/C(=C(\O)c3cc(C)ccc3C)C(=O)C(=O)N2CCN2CCOCC2)cc1OC. The number of benzene rings is 2. The fraction of sp³-hybridized carbons (Fsp3) is 0.484. The van der Waals surface area contributed by atoms with Gasteiger partial charge in [0.15, 0.2) is 11.5 Å². The summed E-state index contributed by atoms with van der Waals surface area (Å²) >= 11 is 0. The van der Waals surface area contributed by atoms with Crippen molar-refractivity contribution in [1.29, 1.82) is 0 Å². The number of hydrogen-bond acceptors (Lipinski definition) is 7. The number of Topliss-reactive ketones (excluding diaryl/α,β-unsaturated/α-hetero) is 1. The van der Waals surface area contributed by atoms with E-state index in [4.69, 9.17) is 14.2 Å². The van der Waals surface area contributed by atoms with Crippen LogP contribution in [0.4, 0.5) is 0 Å². The Balaban J connectivity index is 1.74. The molecule has 8 nitrogen and oxygen atoms in total. The van der Waals surface area contributed by atoms with Crippen LogP contribution < -0.4 is 9.47 Å². The lowest BCUT2D eigenvalue weighted by atomic mass is 9.93. The predicted molar refractivity (Wildman–Crippen MR) is 150 cm³/mol. The Morgan fingerprint density at radius 1 is 1.03 bits per heavy atom. The summed E-state index contributed by atoms with van der Waals surface area (Å²) in [5, 5.41) is 11.5. The number of amides is 1. The van der Waals surface area contributed by atoms with Crippen molar-refractivity contribution < 1.29 is 28.9 Å². The number of unbranched alkanes of at least 4 members (excludes halogenated alkanes) is 2. The molecule has 2 saturated heterocycles. The highest BCUT2D eigenvalue weighted by molar-refractivity contribution is 6.46. The molecule has 0 spiro atoms. The van der Waals surface area contributed by atoms with E-state index < -0.39 is 17.7 Å². The van der Waals surface area contributed by atoms with Crippen LogP contribution in [0.25, 0.3) is 5.76 Å². The second-order valence-electron chi connectivity index (χ2n) is 10.2. The number of ether oxygens (including phenoxy) is 3. The molecular weight excluding hydrogens is 496 g/mol. The van der Waals surface area contributed by atoms with Crippen LogP contribution in [0.2, 0.25) is 0 Å². The summed E-state index contributed by atoms with van der Waals surface area (Å²) < 4.78 is 17.1. The van der Waals surface area contributed by atoms with Gasteiger partial charge in [0, 0.05) is 31.7 Å². The number of carbonyl (C=O) groups excluding carboxylic acids is 2. The molecule has 210 valence electrons. The van der Waals surface area contributed by atoms with E-state index in [9.17, 15) is 14.7 Å². The van der Waals surface area contributed by atoms with Crippen molar-refractivity contribution in [2.45, 2.75) is 46.1 Å². The van der Waals surface area contributed by atoms with E-state index in [1.54, 1.807) is 12.0 Å². The number of aryl methyl sites for hydroxylation is 2. The smallest absolute Gasteiger partial charge is 0.295 e. The lowest BCUT2D eigenvalue weighted by Gasteiger charge is -2.31. The Hall–Kier alpha value is -3.36.